The third-order valence-electron chi connectivity index (χ3n) is 3.46. The van der Waals surface area contributed by atoms with E-state index in [0.29, 0.717) is 12.5 Å². The summed E-state index contributed by atoms with van der Waals surface area (Å²) in [7, 11) is 0. The van der Waals surface area contributed by atoms with Gasteiger partial charge in [0.05, 0.1) is 6.54 Å². The lowest BCUT2D eigenvalue weighted by molar-refractivity contribution is 0.412. The van der Waals surface area contributed by atoms with Gasteiger partial charge in [-0.3, -0.25) is 0 Å². The Morgan fingerprint density at radius 3 is 2.62 bits per heavy atom. The van der Waals surface area contributed by atoms with Crippen molar-refractivity contribution in [2.45, 2.75) is 64.5 Å². The molecule has 2 rings (SSSR count). The SMILES string of the molecule is CCCn1c(CN)nnc1C1CCCCC1. The monoisotopic (exact) mass is 222 g/mol. The molecule has 1 aliphatic carbocycles. The van der Waals surface area contributed by atoms with Crippen LogP contribution in [0.15, 0.2) is 0 Å². The van der Waals surface area contributed by atoms with E-state index in [1.165, 1.54) is 37.9 Å². The molecule has 0 aliphatic heterocycles. The van der Waals surface area contributed by atoms with Crippen LogP contribution in [0.3, 0.4) is 0 Å². The van der Waals surface area contributed by atoms with E-state index in [0.717, 1.165) is 18.8 Å². The standard InChI is InChI=1S/C12H22N4/c1-2-8-16-11(9-13)14-15-12(16)10-6-4-3-5-7-10/h10H,2-9,13H2,1H3. The first-order valence-electron chi connectivity index (χ1n) is 6.48. The average Bonchev–Trinajstić information content (AvgIpc) is 2.74. The predicted molar refractivity (Wildman–Crippen MR) is 64.0 cm³/mol. The van der Waals surface area contributed by atoms with Crippen LogP contribution in [0.4, 0.5) is 0 Å². The average molecular weight is 222 g/mol. The maximum Gasteiger partial charge on any atom is 0.146 e. The number of aromatic nitrogens is 3. The van der Waals surface area contributed by atoms with E-state index in [4.69, 9.17) is 5.73 Å². The molecular formula is C12H22N4. The summed E-state index contributed by atoms with van der Waals surface area (Å²) in [5, 5.41) is 8.58. The van der Waals surface area contributed by atoms with Gasteiger partial charge in [-0.1, -0.05) is 26.2 Å². The molecule has 0 bridgehead atoms. The first-order chi connectivity index (χ1) is 7.86. The summed E-state index contributed by atoms with van der Waals surface area (Å²) in [5.41, 5.74) is 5.70. The summed E-state index contributed by atoms with van der Waals surface area (Å²) in [6.45, 7) is 3.69. The number of hydrogen-bond donors (Lipinski definition) is 1. The lowest BCUT2D eigenvalue weighted by Gasteiger charge is -2.21. The van der Waals surface area contributed by atoms with Crippen LogP contribution in [0, 0.1) is 0 Å². The quantitative estimate of drug-likeness (QED) is 0.849. The first-order valence-corrected chi connectivity index (χ1v) is 6.48. The highest BCUT2D eigenvalue weighted by atomic mass is 15.3. The predicted octanol–water partition coefficient (Wildman–Crippen LogP) is 2.19. The molecule has 4 heteroatoms. The lowest BCUT2D eigenvalue weighted by atomic mass is 9.88. The Balaban J connectivity index is 2.20. The van der Waals surface area contributed by atoms with Crippen molar-refractivity contribution in [3.8, 4) is 0 Å². The minimum atomic E-state index is 0.500. The highest BCUT2D eigenvalue weighted by Crippen LogP contribution is 2.31. The maximum absolute atomic E-state index is 5.70. The molecule has 1 aromatic rings. The Bertz CT molecular complexity index is 326. The van der Waals surface area contributed by atoms with Gasteiger partial charge in [0.25, 0.3) is 0 Å². The molecule has 0 saturated heterocycles. The van der Waals surface area contributed by atoms with Crippen LogP contribution in [0.1, 0.15) is 63.0 Å². The molecular weight excluding hydrogens is 200 g/mol. The molecule has 1 fully saturated rings. The Hall–Kier alpha value is -0.900. The zero-order chi connectivity index (χ0) is 11.4. The zero-order valence-electron chi connectivity index (χ0n) is 10.2. The van der Waals surface area contributed by atoms with Gasteiger partial charge in [0.1, 0.15) is 11.6 Å². The fourth-order valence-electron chi connectivity index (χ4n) is 2.63. The second kappa shape index (κ2) is 5.43. The Morgan fingerprint density at radius 2 is 2.00 bits per heavy atom. The van der Waals surface area contributed by atoms with E-state index < -0.39 is 0 Å². The van der Waals surface area contributed by atoms with Crippen LogP contribution in [-0.2, 0) is 13.1 Å². The molecule has 90 valence electrons. The molecule has 1 saturated carbocycles. The molecule has 16 heavy (non-hydrogen) atoms. The molecule has 0 unspecified atom stereocenters. The molecule has 0 aromatic carbocycles. The van der Waals surface area contributed by atoms with Crippen molar-refractivity contribution in [3.63, 3.8) is 0 Å². The van der Waals surface area contributed by atoms with E-state index in [-0.39, 0.29) is 0 Å². The van der Waals surface area contributed by atoms with Gasteiger partial charge in [0, 0.05) is 12.5 Å². The summed E-state index contributed by atoms with van der Waals surface area (Å²) in [4.78, 5) is 0. The van der Waals surface area contributed by atoms with Crippen LogP contribution in [-0.4, -0.2) is 14.8 Å². The summed E-state index contributed by atoms with van der Waals surface area (Å²) in [5.74, 6) is 2.75. The maximum atomic E-state index is 5.70. The summed E-state index contributed by atoms with van der Waals surface area (Å²) >= 11 is 0. The van der Waals surface area contributed by atoms with E-state index >= 15 is 0 Å². The molecule has 0 radical (unpaired) electrons. The topological polar surface area (TPSA) is 56.7 Å². The van der Waals surface area contributed by atoms with Crippen LogP contribution in [0.5, 0.6) is 0 Å². The molecule has 1 aromatic heterocycles. The van der Waals surface area contributed by atoms with Crippen molar-refractivity contribution in [2.24, 2.45) is 5.73 Å². The number of hydrogen-bond acceptors (Lipinski definition) is 3. The Kier molecular flexibility index (Phi) is 3.93. The van der Waals surface area contributed by atoms with Gasteiger partial charge in [0.15, 0.2) is 0 Å². The van der Waals surface area contributed by atoms with Gasteiger partial charge in [0.2, 0.25) is 0 Å². The van der Waals surface area contributed by atoms with Crippen molar-refractivity contribution >= 4 is 0 Å². The number of nitrogens with zero attached hydrogens (tertiary/aromatic N) is 3. The van der Waals surface area contributed by atoms with Crippen LogP contribution < -0.4 is 5.73 Å². The minimum Gasteiger partial charge on any atom is -0.324 e. The van der Waals surface area contributed by atoms with Gasteiger partial charge in [-0.25, -0.2) is 0 Å². The van der Waals surface area contributed by atoms with Crippen LogP contribution in [0.25, 0.3) is 0 Å². The second-order valence-electron chi connectivity index (χ2n) is 4.67. The fraction of sp³-hybridized carbons (Fsp3) is 0.833. The molecule has 1 heterocycles. The largest absolute Gasteiger partial charge is 0.324 e. The first kappa shape index (κ1) is 11.6. The highest BCUT2D eigenvalue weighted by molar-refractivity contribution is 5.03. The highest BCUT2D eigenvalue weighted by Gasteiger charge is 2.22. The molecule has 2 N–H and O–H groups in total. The van der Waals surface area contributed by atoms with E-state index in [9.17, 15) is 0 Å². The van der Waals surface area contributed by atoms with Gasteiger partial charge in [-0.05, 0) is 19.3 Å². The molecule has 1 aliphatic rings. The van der Waals surface area contributed by atoms with Gasteiger partial charge >= 0.3 is 0 Å². The summed E-state index contributed by atoms with van der Waals surface area (Å²) < 4.78 is 2.25. The van der Waals surface area contributed by atoms with Gasteiger partial charge in [-0.15, -0.1) is 10.2 Å². The van der Waals surface area contributed by atoms with Crippen molar-refractivity contribution in [3.05, 3.63) is 11.6 Å². The fourth-order valence-corrected chi connectivity index (χ4v) is 2.63. The summed E-state index contributed by atoms with van der Waals surface area (Å²) in [6.07, 6.45) is 7.70. The van der Waals surface area contributed by atoms with Crippen molar-refractivity contribution in [2.75, 3.05) is 0 Å². The van der Waals surface area contributed by atoms with E-state index in [1.807, 2.05) is 0 Å². The van der Waals surface area contributed by atoms with Crippen molar-refractivity contribution in [1.29, 1.82) is 0 Å². The Morgan fingerprint density at radius 1 is 1.25 bits per heavy atom. The molecule has 4 nitrogen and oxygen atoms in total. The Labute approximate surface area is 97.2 Å². The van der Waals surface area contributed by atoms with Gasteiger partial charge in [-0.2, -0.15) is 0 Å². The normalized spacial score (nSPS) is 17.9. The number of rotatable bonds is 4. The molecule has 0 atom stereocenters. The van der Waals surface area contributed by atoms with Gasteiger partial charge < -0.3 is 10.3 Å². The smallest absolute Gasteiger partial charge is 0.146 e. The summed E-state index contributed by atoms with van der Waals surface area (Å²) in [6, 6.07) is 0. The van der Waals surface area contributed by atoms with E-state index in [2.05, 4.69) is 21.7 Å². The molecule has 0 spiro atoms. The number of nitrogens with two attached hydrogens (primary N) is 1. The lowest BCUT2D eigenvalue weighted by Crippen LogP contribution is -2.15. The molecule has 0 amide bonds. The third kappa shape index (κ3) is 2.26. The van der Waals surface area contributed by atoms with Crippen molar-refractivity contribution in [1.82, 2.24) is 14.8 Å². The third-order valence-corrected chi connectivity index (χ3v) is 3.46. The second-order valence-corrected chi connectivity index (χ2v) is 4.67. The van der Waals surface area contributed by atoms with Crippen molar-refractivity contribution < 1.29 is 0 Å². The van der Waals surface area contributed by atoms with E-state index in [1.54, 1.807) is 0 Å². The van der Waals surface area contributed by atoms with Crippen LogP contribution >= 0.6 is 0 Å². The minimum absolute atomic E-state index is 0.500. The zero-order valence-corrected chi connectivity index (χ0v) is 10.2. The van der Waals surface area contributed by atoms with Crippen LogP contribution in [0.2, 0.25) is 0 Å².